The fraction of sp³-hybridized carbons (Fsp3) is 0.333. The van der Waals surface area contributed by atoms with Crippen LogP contribution < -0.4 is 5.32 Å². The van der Waals surface area contributed by atoms with Crippen molar-refractivity contribution in [1.29, 1.82) is 5.26 Å². The summed E-state index contributed by atoms with van der Waals surface area (Å²) in [7, 11) is 0. The molecule has 1 aliphatic carbocycles. The van der Waals surface area contributed by atoms with Crippen molar-refractivity contribution in [2.45, 2.75) is 45.6 Å². The lowest BCUT2D eigenvalue weighted by Crippen LogP contribution is -2.24. The molecular weight excluding hydrogens is 406 g/mol. The monoisotopic (exact) mass is 431 g/mol. The van der Waals surface area contributed by atoms with Crippen LogP contribution in [0.25, 0.3) is 5.69 Å². The summed E-state index contributed by atoms with van der Waals surface area (Å²) in [6.07, 6.45) is 7.78. The second-order valence-electron chi connectivity index (χ2n) is 7.98. The van der Waals surface area contributed by atoms with Crippen molar-refractivity contribution in [3.63, 3.8) is 0 Å². The van der Waals surface area contributed by atoms with Gasteiger partial charge >= 0.3 is 5.97 Å². The van der Waals surface area contributed by atoms with Gasteiger partial charge in [0.25, 0.3) is 5.91 Å². The molecule has 32 heavy (non-hydrogen) atoms. The van der Waals surface area contributed by atoms with E-state index in [1.54, 1.807) is 41.3 Å². The van der Waals surface area contributed by atoms with E-state index in [4.69, 9.17) is 4.74 Å². The molecule has 2 aromatic heterocycles. The number of aromatic nitrogens is 3. The molecule has 164 valence electrons. The second kappa shape index (κ2) is 9.10. The van der Waals surface area contributed by atoms with E-state index in [1.165, 1.54) is 0 Å². The zero-order valence-electron chi connectivity index (χ0n) is 18.2. The van der Waals surface area contributed by atoms with Crippen LogP contribution in [-0.2, 0) is 9.53 Å². The summed E-state index contributed by atoms with van der Waals surface area (Å²) in [6, 6.07) is 11.0. The van der Waals surface area contributed by atoms with Crippen molar-refractivity contribution in [3.05, 3.63) is 65.1 Å². The molecule has 1 aliphatic rings. The summed E-state index contributed by atoms with van der Waals surface area (Å²) < 4.78 is 8.95. The van der Waals surface area contributed by atoms with E-state index in [1.807, 2.05) is 19.9 Å². The van der Waals surface area contributed by atoms with Crippen LogP contribution >= 0.6 is 0 Å². The first kappa shape index (κ1) is 21.4. The Bertz CT molecular complexity index is 1160. The molecule has 1 fully saturated rings. The van der Waals surface area contributed by atoms with E-state index in [0.717, 1.165) is 42.6 Å². The molecular formula is C24H25N5O3. The van der Waals surface area contributed by atoms with Gasteiger partial charge in [0.2, 0.25) is 0 Å². The van der Waals surface area contributed by atoms with Gasteiger partial charge in [0, 0.05) is 24.1 Å². The van der Waals surface area contributed by atoms with Gasteiger partial charge in [-0.2, -0.15) is 10.4 Å². The number of nitriles is 1. The smallest absolute Gasteiger partial charge is 0.338 e. The van der Waals surface area contributed by atoms with Crippen LogP contribution in [0.15, 0.2) is 42.7 Å². The van der Waals surface area contributed by atoms with Crippen LogP contribution in [0.2, 0.25) is 0 Å². The number of amides is 1. The van der Waals surface area contributed by atoms with Gasteiger partial charge in [-0.1, -0.05) is 12.8 Å². The topological polar surface area (TPSA) is 102 Å². The van der Waals surface area contributed by atoms with Gasteiger partial charge in [-0.05, 0) is 62.6 Å². The van der Waals surface area contributed by atoms with Gasteiger partial charge < -0.3 is 14.6 Å². The van der Waals surface area contributed by atoms with Gasteiger partial charge in [-0.3, -0.25) is 4.79 Å². The Kier molecular flexibility index (Phi) is 6.08. The lowest BCUT2D eigenvalue weighted by molar-refractivity contribution is -0.119. The zero-order valence-corrected chi connectivity index (χ0v) is 18.2. The number of anilines is 1. The SMILES string of the molecule is Cc1c(C#N)c(NC(=O)COC(=O)c2ccc(-n3cccn3)cc2)n(C2CCCC2)c1C. The normalized spacial score (nSPS) is 13.7. The van der Waals surface area contributed by atoms with Crippen molar-refractivity contribution >= 4 is 17.7 Å². The second-order valence-corrected chi connectivity index (χ2v) is 7.98. The van der Waals surface area contributed by atoms with E-state index in [2.05, 4.69) is 21.1 Å². The number of carbonyl (C=O) groups is 2. The Morgan fingerprint density at radius 2 is 1.94 bits per heavy atom. The quantitative estimate of drug-likeness (QED) is 0.593. The first-order chi connectivity index (χ1) is 15.5. The van der Waals surface area contributed by atoms with Crippen molar-refractivity contribution in [2.75, 3.05) is 11.9 Å². The molecule has 0 aliphatic heterocycles. The van der Waals surface area contributed by atoms with E-state index < -0.39 is 18.5 Å². The highest BCUT2D eigenvalue weighted by Crippen LogP contribution is 2.37. The maximum absolute atomic E-state index is 12.6. The van der Waals surface area contributed by atoms with E-state index in [9.17, 15) is 14.9 Å². The van der Waals surface area contributed by atoms with Gasteiger partial charge in [0.1, 0.15) is 11.9 Å². The molecule has 0 atom stereocenters. The minimum atomic E-state index is -0.591. The van der Waals surface area contributed by atoms with Crippen LogP contribution in [-0.4, -0.2) is 32.8 Å². The molecule has 1 saturated carbocycles. The standard InChI is InChI=1S/C24H25N5O3/c1-16-17(2)29(20-6-3-4-7-20)23(21(16)14-25)27-22(30)15-32-24(31)18-8-10-19(11-9-18)28-13-5-12-26-28/h5,8-13,20H,3-4,6-7,15H2,1-2H3,(H,27,30). The van der Waals surface area contributed by atoms with Gasteiger partial charge in [0.05, 0.1) is 16.8 Å². The fourth-order valence-electron chi connectivity index (χ4n) is 4.26. The molecule has 0 saturated heterocycles. The summed E-state index contributed by atoms with van der Waals surface area (Å²) in [5, 5.41) is 16.6. The van der Waals surface area contributed by atoms with Crippen molar-refractivity contribution in [3.8, 4) is 11.8 Å². The van der Waals surface area contributed by atoms with Crippen molar-refractivity contribution < 1.29 is 14.3 Å². The Balaban J connectivity index is 1.42. The largest absolute Gasteiger partial charge is 0.452 e. The molecule has 3 aromatic rings. The fourth-order valence-corrected chi connectivity index (χ4v) is 4.26. The highest BCUT2D eigenvalue weighted by Gasteiger charge is 2.27. The van der Waals surface area contributed by atoms with Crippen LogP contribution in [0.4, 0.5) is 5.82 Å². The molecule has 0 bridgehead atoms. The Labute approximate surface area is 186 Å². The number of hydrogen-bond donors (Lipinski definition) is 1. The van der Waals surface area contributed by atoms with E-state index in [-0.39, 0.29) is 6.04 Å². The number of nitrogens with one attached hydrogen (secondary N) is 1. The number of benzene rings is 1. The third-order valence-electron chi connectivity index (χ3n) is 6.02. The zero-order chi connectivity index (χ0) is 22.7. The summed E-state index contributed by atoms with van der Waals surface area (Å²) in [4.78, 5) is 25.0. The van der Waals surface area contributed by atoms with Crippen molar-refractivity contribution in [1.82, 2.24) is 14.3 Å². The molecule has 8 heteroatoms. The molecule has 1 amide bonds. The van der Waals surface area contributed by atoms with Crippen LogP contribution in [0, 0.1) is 25.2 Å². The first-order valence-electron chi connectivity index (χ1n) is 10.7. The predicted octanol–water partition coefficient (Wildman–Crippen LogP) is 4.07. The number of carbonyl (C=O) groups excluding carboxylic acids is 2. The Morgan fingerprint density at radius 1 is 1.22 bits per heavy atom. The third kappa shape index (κ3) is 4.14. The molecule has 2 heterocycles. The summed E-state index contributed by atoms with van der Waals surface area (Å²) >= 11 is 0. The van der Waals surface area contributed by atoms with Crippen molar-refractivity contribution in [2.24, 2.45) is 0 Å². The van der Waals surface area contributed by atoms with E-state index in [0.29, 0.717) is 16.9 Å². The number of esters is 1. The molecule has 4 rings (SSSR count). The van der Waals surface area contributed by atoms with Crippen LogP contribution in [0.5, 0.6) is 0 Å². The van der Waals surface area contributed by atoms with Gasteiger partial charge in [0.15, 0.2) is 6.61 Å². The average molecular weight is 431 g/mol. The average Bonchev–Trinajstić information content (AvgIpc) is 3.55. The molecule has 1 N–H and O–H groups in total. The van der Waals surface area contributed by atoms with Gasteiger partial charge in [-0.15, -0.1) is 0 Å². The Hall–Kier alpha value is -3.86. The lowest BCUT2D eigenvalue weighted by Gasteiger charge is -2.19. The maximum atomic E-state index is 12.6. The number of nitrogens with zero attached hydrogens (tertiary/aromatic N) is 4. The predicted molar refractivity (Wildman–Crippen MR) is 119 cm³/mol. The van der Waals surface area contributed by atoms with Crippen LogP contribution in [0.3, 0.4) is 0 Å². The minimum absolute atomic E-state index is 0.266. The Morgan fingerprint density at radius 3 is 2.56 bits per heavy atom. The highest BCUT2D eigenvalue weighted by molar-refractivity contribution is 5.96. The summed E-state index contributed by atoms with van der Waals surface area (Å²) in [6.45, 7) is 3.43. The molecule has 0 radical (unpaired) electrons. The molecule has 0 spiro atoms. The van der Waals surface area contributed by atoms with Gasteiger partial charge in [-0.25, -0.2) is 9.48 Å². The number of rotatable bonds is 6. The maximum Gasteiger partial charge on any atom is 0.338 e. The number of ether oxygens (including phenoxy) is 1. The highest BCUT2D eigenvalue weighted by atomic mass is 16.5. The summed E-state index contributed by atoms with van der Waals surface area (Å²) in [5.41, 5.74) is 3.46. The minimum Gasteiger partial charge on any atom is -0.452 e. The molecule has 0 unspecified atom stereocenters. The van der Waals surface area contributed by atoms with E-state index >= 15 is 0 Å². The third-order valence-corrected chi connectivity index (χ3v) is 6.02. The molecule has 1 aromatic carbocycles. The van der Waals surface area contributed by atoms with Crippen LogP contribution in [0.1, 0.15) is 58.9 Å². The number of hydrogen-bond acceptors (Lipinski definition) is 5. The molecule has 8 nitrogen and oxygen atoms in total. The lowest BCUT2D eigenvalue weighted by atomic mass is 10.2. The first-order valence-corrected chi connectivity index (χ1v) is 10.7. The summed E-state index contributed by atoms with van der Waals surface area (Å²) in [5.74, 6) is -0.565.